The van der Waals surface area contributed by atoms with Crippen LogP contribution < -0.4 is 15.5 Å². The predicted octanol–water partition coefficient (Wildman–Crippen LogP) is 2.96. The van der Waals surface area contributed by atoms with Crippen molar-refractivity contribution in [2.24, 2.45) is 0 Å². The molecule has 0 aliphatic rings. The third-order valence-corrected chi connectivity index (χ3v) is 3.57. The molecular weight excluding hydrogens is 328 g/mol. The number of carbonyl (C=O) groups is 1. The standard InChI is InChI=1S/C17H12N2O6/c1-24-15-7-6-10(19(22)23)8-13(15)18-17(21)12-9-25-14-5-3-2-4-11(14)16(12)20/h2-9H,1H3,(H,18,21). The number of methoxy groups -OCH3 is 1. The largest absolute Gasteiger partial charge is 0.495 e. The number of fused-ring (bicyclic) bond motifs is 1. The normalized spacial score (nSPS) is 10.4. The Bertz CT molecular complexity index is 1040. The first-order valence-corrected chi connectivity index (χ1v) is 7.15. The highest BCUT2D eigenvalue weighted by Crippen LogP contribution is 2.29. The second-order valence-corrected chi connectivity index (χ2v) is 5.07. The Morgan fingerprint density at radius 3 is 2.72 bits per heavy atom. The number of hydrogen-bond donors (Lipinski definition) is 1. The number of rotatable bonds is 4. The molecule has 0 aliphatic carbocycles. The summed E-state index contributed by atoms with van der Waals surface area (Å²) in [4.78, 5) is 35.2. The molecule has 0 bridgehead atoms. The summed E-state index contributed by atoms with van der Waals surface area (Å²) in [7, 11) is 1.36. The number of nitro groups is 1. The maximum Gasteiger partial charge on any atom is 0.271 e. The summed E-state index contributed by atoms with van der Waals surface area (Å²) in [6, 6.07) is 10.3. The third-order valence-electron chi connectivity index (χ3n) is 3.57. The Morgan fingerprint density at radius 1 is 1.24 bits per heavy atom. The van der Waals surface area contributed by atoms with Crippen LogP contribution in [0.1, 0.15) is 10.4 Å². The van der Waals surface area contributed by atoms with Crippen LogP contribution in [0.4, 0.5) is 11.4 Å². The third kappa shape index (κ3) is 3.05. The van der Waals surface area contributed by atoms with Crippen LogP contribution in [0.3, 0.4) is 0 Å². The van der Waals surface area contributed by atoms with Crippen molar-refractivity contribution in [1.82, 2.24) is 0 Å². The number of hydrogen-bond acceptors (Lipinski definition) is 6. The van der Waals surface area contributed by atoms with Crippen LogP contribution in [0.25, 0.3) is 11.0 Å². The maximum atomic E-state index is 12.4. The highest BCUT2D eigenvalue weighted by atomic mass is 16.6. The van der Waals surface area contributed by atoms with Gasteiger partial charge in [-0.05, 0) is 18.2 Å². The zero-order valence-electron chi connectivity index (χ0n) is 13.0. The minimum Gasteiger partial charge on any atom is -0.495 e. The molecule has 0 fully saturated rings. The van der Waals surface area contributed by atoms with E-state index in [4.69, 9.17) is 9.15 Å². The van der Waals surface area contributed by atoms with Crippen LogP contribution in [-0.2, 0) is 0 Å². The minimum atomic E-state index is -0.752. The van der Waals surface area contributed by atoms with Gasteiger partial charge in [0.05, 0.1) is 23.1 Å². The van der Waals surface area contributed by atoms with Gasteiger partial charge in [0.15, 0.2) is 0 Å². The molecule has 1 amide bonds. The van der Waals surface area contributed by atoms with Crippen LogP contribution >= 0.6 is 0 Å². The highest BCUT2D eigenvalue weighted by Gasteiger charge is 2.18. The number of carbonyl (C=O) groups excluding carboxylic acids is 1. The average Bonchev–Trinajstić information content (AvgIpc) is 2.62. The Labute approximate surface area is 140 Å². The Kier molecular flexibility index (Phi) is 4.17. The van der Waals surface area contributed by atoms with Gasteiger partial charge in [-0.3, -0.25) is 19.7 Å². The molecule has 2 aromatic carbocycles. The Balaban J connectivity index is 2.00. The van der Waals surface area contributed by atoms with Crippen LogP contribution in [-0.4, -0.2) is 17.9 Å². The summed E-state index contributed by atoms with van der Waals surface area (Å²) in [6.07, 6.45) is 1.06. The summed E-state index contributed by atoms with van der Waals surface area (Å²) in [5.74, 6) is -0.526. The topological polar surface area (TPSA) is 112 Å². The Morgan fingerprint density at radius 2 is 2.00 bits per heavy atom. The van der Waals surface area contributed by atoms with Gasteiger partial charge >= 0.3 is 0 Å². The van der Waals surface area contributed by atoms with Crippen LogP contribution in [0.2, 0.25) is 0 Å². The summed E-state index contributed by atoms with van der Waals surface area (Å²) in [5, 5.41) is 13.6. The lowest BCUT2D eigenvalue weighted by molar-refractivity contribution is -0.384. The zero-order valence-corrected chi connectivity index (χ0v) is 13.0. The maximum absolute atomic E-state index is 12.4. The highest BCUT2D eigenvalue weighted by molar-refractivity contribution is 6.06. The van der Waals surface area contributed by atoms with E-state index in [1.165, 1.54) is 19.2 Å². The molecule has 0 saturated heterocycles. The van der Waals surface area contributed by atoms with E-state index in [9.17, 15) is 19.7 Å². The lowest BCUT2D eigenvalue weighted by Gasteiger charge is -2.09. The quantitative estimate of drug-likeness (QED) is 0.577. The molecule has 126 valence electrons. The summed E-state index contributed by atoms with van der Waals surface area (Å²) in [5.41, 5.74) is -0.496. The van der Waals surface area contributed by atoms with E-state index in [1.807, 2.05) is 0 Å². The second-order valence-electron chi connectivity index (χ2n) is 5.07. The molecule has 0 spiro atoms. The molecule has 0 radical (unpaired) electrons. The SMILES string of the molecule is COc1ccc([N+](=O)[O-])cc1NC(=O)c1coc2ccccc2c1=O. The van der Waals surface area contributed by atoms with Gasteiger partial charge in [-0.25, -0.2) is 0 Å². The monoisotopic (exact) mass is 340 g/mol. The lowest BCUT2D eigenvalue weighted by Crippen LogP contribution is -2.21. The van der Waals surface area contributed by atoms with Crippen molar-refractivity contribution in [3.8, 4) is 5.75 Å². The van der Waals surface area contributed by atoms with Crippen LogP contribution in [0.5, 0.6) is 5.75 Å². The summed E-state index contributed by atoms with van der Waals surface area (Å²) < 4.78 is 10.4. The van der Waals surface area contributed by atoms with Crippen molar-refractivity contribution in [1.29, 1.82) is 0 Å². The van der Waals surface area contributed by atoms with E-state index >= 15 is 0 Å². The minimum absolute atomic E-state index is 0.0780. The number of nitro benzene ring substituents is 1. The molecule has 3 rings (SSSR count). The van der Waals surface area contributed by atoms with Crippen molar-refractivity contribution < 1.29 is 18.9 Å². The summed E-state index contributed by atoms with van der Waals surface area (Å²) in [6.45, 7) is 0. The smallest absolute Gasteiger partial charge is 0.271 e. The molecule has 1 N–H and O–H groups in total. The number of anilines is 1. The number of ether oxygens (including phenoxy) is 1. The van der Waals surface area contributed by atoms with Crippen LogP contribution in [0.15, 0.2) is 57.9 Å². The van der Waals surface area contributed by atoms with Crippen molar-refractivity contribution in [2.45, 2.75) is 0 Å². The van der Waals surface area contributed by atoms with Gasteiger partial charge in [-0.15, -0.1) is 0 Å². The molecular formula is C17H12N2O6. The van der Waals surface area contributed by atoms with E-state index in [0.29, 0.717) is 5.58 Å². The van der Waals surface area contributed by atoms with Gasteiger partial charge in [0.1, 0.15) is 23.2 Å². The fourth-order valence-electron chi connectivity index (χ4n) is 2.33. The first-order chi connectivity index (χ1) is 12.0. The second kappa shape index (κ2) is 6.44. The molecule has 8 heteroatoms. The summed E-state index contributed by atoms with van der Waals surface area (Å²) >= 11 is 0. The average molecular weight is 340 g/mol. The Hall–Kier alpha value is -3.68. The molecule has 0 saturated carbocycles. The van der Waals surface area contributed by atoms with Gasteiger partial charge in [-0.2, -0.15) is 0 Å². The molecule has 8 nitrogen and oxygen atoms in total. The number of amides is 1. The van der Waals surface area contributed by atoms with Gasteiger partial charge in [0.25, 0.3) is 11.6 Å². The van der Waals surface area contributed by atoms with Crippen molar-refractivity contribution >= 4 is 28.3 Å². The van der Waals surface area contributed by atoms with E-state index in [2.05, 4.69) is 5.32 Å². The van der Waals surface area contributed by atoms with Crippen LogP contribution in [0, 0.1) is 10.1 Å². The number of para-hydroxylation sites is 1. The van der Waals surface area contributed by atoms with Gasteiger partial charge in [0, 0.05) is 12.1 Å². The molecule has 1 heterocycles. The number of nitrogens with zero attached hydrogens (tertiary/aromatic N) is 1. The fourth-order valence-corrected chi connectivity index (χ4v) is 2.33. The van der Waals surface area contributed by atoms with E-state index in [0.717, 1.165) is 12.3 Å². The van der Waals surface area contributed by atoms with E-state index in [-0.39, 0.29) is 28.1 Å². The predicted molar refractivity (Wildman–Crippen MR) is 90.1 cm³/mol. The van der Waals surface area contributed by atoms with Gasteiger partial charge in [0.2, 0.25) is 5.43 Å². The zero-order chi connectivity index (χ0) is 18.0. The number of non-ortho nitro benzene ring substituents is 1. The van der Waals surface area contributed by atoms with Gasteiger partial charge < -0.3 is 14.5 Å². The molecule has 25 heavy (non-hydrogen) atoms. The van der Waals surface area contributed by atoms with Crippen molar-refractivity contribution in [3.63, 3.8) is 0 Å². The number of nitrogens with one attached hydrogen (secondary N) is 1. The fraction of sp³-hybridized carbons (Fsp3) is 0.0588. The van der Waals surface area contributed by atoms with E-state index in [1.54, 1.807) is 24.3 Å². The molecule has 1 aromatic heterocycles. The first-order valence-electron chi connectivity index (χ1n) is 7.15. The van der Waals surface area contributed by atoms with E-state index < -0.39 is 16.3 Å². The first kappa shape index (κ1) is 16.2. The van der Waals surface area contributed by atoms with Gasteiger partial charge in [-0.1, -0.05) is 12.1 Å². The molecule has 0 atom stereocenters. The number of benzene rings is 2. The van der Waals surface area contributed by atoms with Crippen molar-refractivity contribution in [2.75, 3.05) is 12.4 Å². The molecule has 0 aliphatic heterocycles. The molecule has 0 unspecified atom stereocenters. The lowest BCUT2D eigenvalue weighted by atomic mass is 10.1. The molecule has 3 aromatic rings. The van der Waals surface area contributed by atoms with Crippen molar-refractivity contribution in [3.05, 3.63) is 74.6 Å².